The van der Waals surface area contributed by atoms with E-state index in [0.717, 1.165) is 37.3 Å². The second-order valence-electron chi connectivity index (χ2n) is 8.15. The average Bonchev–Trinajstić information content (AvgIpc) is 3.07. The first-order valence-corrected chi connectivity index (χ1v) is 9.99. The van der Waals surface area contributed by atoms with Crippen molar-refractivity contribution in [2.24, 2.45) is 0 Å². The summed E-state index contributed by atoms with van der Waals surface area (Å²) in [4.78, 5) is 24.5. The van der Waals surface area contributed by atoms with Crippen LogP contribution < -0.4 is 5.32 Å². The second-order valence-corrected chi connectivity index (χ2v) is 8.15. The predicted octanol–water partition coefficient (Wildman–Crippen LogP) is 2.05. The summed E-state index contributed by atoms with van der Waals surface area (Å²) in [6.45, 7) is 7.98. The van der Waals surface area contributed by atoms with Crippen LogP contribution in [0.5, 0.6) is 0 Å². The summed E-state index contributed by atoms with van der Waals surface area (Å²) >= 11 is 0. The summed E-state index contributed by atoms with van der Waals surface area (Å²) in [5, 5.41) is 3.14. The number of rotatable bonds is 4. The highest BCUT2D eigenvalue weighted by Crippen LogP contribution is 2.36. The van der Waals surface area contributed by atoms with Gasteiger partial charge in [0.25, 0.3) is 0 Å². The minimum Gasteiger partial charge on any atom is -0.373 e. The molecule has 0 unspecified atom stereocenters. The molecule has 2 atom stereocenters. The van der Waals surface area contributed by atoms with Crippen molar-refractivity contribution in [3.63, 3.8) is 0 Å². The van der Waals surface area contributed by atoms with Gasteiger partial charge >= 0.3 is 0 Å². The molecule has 1 saturated heterocycles. The second kappa shape index (κ2) is 7.60. The van der Waals surface area contributed by atoms with Crippen LogP contribution in [0.3, 0.4) is 0 Å². The van der Waals surface area contributed by atoms with E-state index in [4.69, 9.17) is 4.74 Å². The van der Waals surface area contributed by atoms with E-state index < -0.39 is 5.54 Å². The molecular formula is C22H28N4O2. The van der Waals surface area contributed by atoms with Crippen LogP contribution in [0, 0.1) is 6.92 Å². The summed E-state index contributed by atoms with van der Waals surface area (Å²) in [5.74, 6) is 0.0624. The molecule has 0 saturated carbocycles. The van der Waals surface area contributed by atoms with Crippen molar-refractivity contribution in [1.29, 1.82) is 0 Å². The maximum Gasteiger partial charge on any atom is 0.241 e. The number of carbonyl (C=O) groups excluding carboxylic acids is 1. The zero-order chi connectivity index (χ0) is 19.7. The van der Waals surface area contributed by atoms with Gasteiger partial charge in [0.1, 0.15) is 5.54 Å². The number of hydrogen-bond donors (Lipinski definition) is 1. The molecule has 1 aliphatic heterocycles. The Kier molecular flexibility index (Phi) is 5.17. The van der Waals surface area contributed by atoms with Gasteiger partial charge in [-0.1, -0.05) is 24.3 Å². The lowest BCUT2D eigenvalue weighted by atomic mass is 9.90. The number of ether oxygens (including phenoxy) is 1. The Morgan fingerprint density at radius 1 is 1.14 bits per heavy atom. The zero-order valence-corrected chi connectivity index (χ0v) is 16.8. The lowest BCUT2D eigenvalue weighted by Crippen LogP contribution is -2.64. The fraction of sp³-hybridized carbons (Fsp3) is 0.500. The van der Waals surface area contributed by atoms with Crippen LogP contribution >= 0.6 is 0 Å². The number of nitrogens with one attached hydrogen (secondary N) is 1. The van der Waals surface area contributed by atoms with Gasteiger partial charge in [0, 0.05) is 32.1 Å². The number of benzene rings is 1. The molecule has 148 valence electrons. The van der Waals surface area contributed by atoms with E-state index in [2.05, 4.69) is 58.3 Å². The average molecular weight is 380 g/mol. The van der Waals surface area contributed by atoms with E-state index in [9.17, 15) is 4.79 Å². The monoisotopic (exact) mass is 380 g/mol. The van der Waals surface area contributed by atoms with Gasteiger partial charge in [0.05, 0.1) is 36.3 Å². The Hall–Kier alpha value is -2.31. The molecule has 2 heterocycles. The molecule has 1 aromatic carbocycles. The summed E-state index contributed by atoms with van der Waals surface area (Å²) in [6, 6.07) is 8.39. The van der Waals surface area contributed by atoms with Crippen LogP contribution in [-0.4, -0.2) is 51.6 Å². The highest BCUT2D eigenvalue weighted by atomic mass is 16.5. The third kappa shape index (κ3) is 3.66. The topological polar surface area (TPSA) is 67.4 Å². The molecule has 1 aromatic heterocycles. The minimum atomic E-state index is -0.575. The van der Waals surface area contributed by atoms with Gasteiger partial charge < -0.3 is 10.1 Å². The Labute approximate surface area is 166 Å². The third-order valence-corrected chi connectivity index (χ3v) is 5.80. The maximum atomic E-state index is 13.5. The quantitative estimate of drug-likeness (QED) is 0.879. The van der Waals surface area contributed by atoms with E-state index in [1.165, 1.54) is 11.1 Å². The summed E-state index contributed by atoms with van der Waals surface area (Å²) in [5.41, 5.74) is 3.59. The van der Waals surface area contributed by atoms with Crippen LogP contribution in [-0.2, 0) is 28.9 Å². The fourth-order valence-corrected chi connectivity index (χ4v) is 4.50. The lowest BCUT2D eigenvalue weighted by Gasteiger charge is -2.45. The number of nitrogens with zero attached hydrogens (tertiary/aromatic N) is 3. The van der Waals surface area contributed by atoms with E-state index in [0.29, 0.717) is 6.54 Å². The molecule has 2 aromatic rings. The first kappa shape index (κ1) is 19.0. The Balaban J connectivity index is 1.58. The molecule has 28 heavy (non-hydrogen) atoms. The SMILES string of the molecule is Cc1cnc(CNC(=O)C2(N3C[C@@H](C)O[C@@H](C)C3)Cc3ccccc3C2)cn1. The van der Waals surface area contributed by atoms with Crippen LogP contribution in [0.2, 0.25) is 0 Å². The molecule has 1 N–H and O–H groups in total. The maximum absolute atomic E-state index is 13.5. The summed E-state index contributed by atoms with van der Waals surface area (Å²) in [6.07, 6.45) is 5.14. The number of aromatic nitrogens is 2. The summed E-state index contributed by atoms with van der Waals surface area (Å²) < 4.78 is 5.93. The minimum absolute atomic E-state index is 0.0624. The smallest absolute Gasteiger partial charge is 0.241 e. The largest absolute Gasteiger partial charge is 0.373 e. The van der Waals surface area contributed by atoms with Gasteiger partial charge in [-0.25, -0.2) is 0 Å². The fourth-order valence-electron chi connectivity index (χ4n) is 4.50. The Morgan fingerprint density at radius 3 is 2.36 bits per heavy atom. The van der Waals surface area contributed by atoms with Gasteiger partial charge in [-0.3, -0.25) is 19.7 Å². The van der Waals surface area contributed by atoms with Crippen molar-refractivity contribution in [1.82, 2.24) is 20.2 Å². The van der Waals surface area contributed by atoms with Crippen molar-refractivity contribution >= 4 is 5.91 Å². The Morgan fingerprint density at radius 2 is 1.79 bits per heavy atom. The number of aryl methyl sites for hydroxylation is 1. The standard InChI is InChI=1S/C22H28N4O2/c1-15-10-24-20(11-23-15)12-25-21(27)22(26-13-16(2)28-17(3)14-26)8-18-6-4-5-7-19(18)9-22/h4-7,10-11,16-17H,8-9,12-14H2,1-3H3,(H,25,27)/t16-,17+. The molecule has 1 fully saturated rings. The predicted molar refractivity (Wildman–Crippen MR) is 107 cm³/mol. The molecule has 1 aliphatic carbocycles. The highest BCUT2D eigenvalue weighted by Gasteiger charge is 2.49. The van der Waals surface area contributed by atoms with Gasteiger partial charge in [0.15, 0.2) is 0 Å². The van der Waals surface area contributed by atoms with Crippen molar-refractivity contribution < 1.29 is 9.53 Å². The molecule has 4 rings (SSSR count). The van der Waals surface area contributed by atoms with E-state index >= 15 is 0 Å². The number of morpholine rings is 1. The van der Waals surface area contributed by atoms with Gasteiger partial charge in [-0.05, 0) is 31.9 Å². The number of carbonyl (C=O) groups is 1. The van der Waals surface area contributed by atoms with E-state index in [-0.39, 0.29) is 18.1 Å². The van der Waals surface area contributed by atoms with Crippen LogP contribution in [0.4, 0.5) is 0 Å². The van der Waals surface area contributed by atoms with E-state index in [1.807, 2.05) is 6.92 Å². The van der Waals surface area contributed by atoms with Crippen LogP contribution in [0.25, 0.3) is 0 Å². The zero-order valence-electron chi connectivity index (χ0n) is 16.8. The molecule has 1 amide bonds. The summed E-state index contributed by atoms with van der Waals surface area (Å²) in [7, 11) is 0. The molecular weight excluding hydrogens is 352 g/mol. The van der Waals surface area contributed by atoms with Gasteiger partial charge in [-0.2, -0.15) is 0 Å². The first-order chi connectivity index (χ1) is 13.5. The number of hydrogen-bond acceptors (Lipinski definition) is 5. The normalized spacial score (nSPS) is 24.0. The van der Waals surface area contributed by atoms with Crippen LogP contribution in [0.15, 0.2) is 36.7 Å². The van der Waals surface area contributed by atoms with Crippen molar-refractivity contribution in [2.45, 2.75) is 57.9 Å². The van der Waals surface area contributed by atoms with Crippen LogP contribution in [0.1, 0.15) is 36.4 Å². The van der Waals surface area contributed by atoms with Gasteiger partial charge in [0.2, 0.25) is 5.91 Å². The molecule has 0 spiro atoms. The number of fused-ring (bicyclic) bond motifs is 1. The van der Waals surface area contributed by atoms with Crippen molar-refractivity contribution in [2.75, 3.05) is 13.1 Å². The molecule has 6 nitrogen and oxygen atoms in total. The van der Waals surface area contributed by atoms with Gasteiger partial charge in [-0.15, -0.1) is 0 Å². The Bertz CT molecular complexity index is 817. The molecule has 0 bridgehead atoms. The first-order valence-electron chi connectivity index (χ1n) is 9.99. The van der Waals surface area contributed by atoms with E-state index in [1.54, 1.807) is 12.4 Å². The lowest BCUT2D eigenvalue weighted by molar-refractivity contribution is -0.144. The molecule has 2 aliphatic rings. The molecule has 6 heteroatoms. The highest BCUT2D eigenvalue weighted by molar-refractivity contribution is 5.88. The number of amides is 1. The molecule has 0 radical (unpaired) electrons. The third-order valence-electron chi connectivity index (χ3n) is 5.80. The van der Waals surface area contributed by atoms with Crippen molar-refractivity contribution in [3.8, 4) is 0 Å². The van der Waals surface area contributed by atoms with Crippen molar-refractivity contribution in [3.05, 3.63) is 59.2 Å².